The molecule has 5 heteroatoms. The summed E-state index contributed by atoms with van der Waals surface area (Å²) in [6.07, 6.45) is 0.550. The van der Waals surface area contributed by atoms with E-state index in [1.54, 1.807) is 7.11 Å². The molecule has 0 spiro atoms. The van der Waals surface area contributed by atoms with Gasteiger partial charge in [-0.25, -0.2) is 4.98 Å². The van der Waals surface area contributed by atoms with Crippen molar-refractivity contribution in [2.24, 2.45) is 0 Å². The summed E-state index contributed by atoms with van der Waals surface area (Å²) in [6.45, 7) is 6.29. The maximum Gasteiger partial charge on any atom is 0.223 e. The standard InChI is InChI=1S/C17H23N3O2/c1-12(2)20-11-13(10-16(20)21)17-18-14-6-4-5-7-15(14)19(17)8-9-22-3/h4-7,12-13H,8-11H2,1-3H3. The first-order valence-electron chi connectivity index (χ1n) is 7.85. The predicted octanol–water partition coefficient (Wildman–Crippen LogP) is 2.41. The van der Waals surface area contributed by atoms with E-state index in [0.717, 1.165) is 29.9 Å². The van der Waals surface area contributed by atoms with Crippen LogP contribution in [0.15, 0.2) is 24.3 Å². The number of amides is 1. The molecule has 5 nitrogen and oxygen atoms in total. The smallest absolute Gasteiger partial charge is 0.223 e. The van der Waals surface area contributed by atoms with E-state index < -0.39 is 0 Å². The Labute approximate surface area is 130 Å². The van der Waals surface area contributed by atoms with Gasteiger partial charge >= 0.3 is 0 Å². The summed E-state index contributed by atoms with van der Waals surface area (Å²) < 4.78 is 7.45. The number of aromatic nitrogens is 2. The topological polar surface area (TPSA) is 47.4 Å². The van der Waals surface area contributed by atoms with Gasteiger partial charge in [-0.2, -0.15) is 0 Å². The second kappa shape index (κ2) is 6.08. The van der Waals surface area contributed by atoms with Crippen LogP contribution in [0.1, 0.15) is 32.0 Å². The molecule has 0 bridgehead atoms. The molecule has 118 valence electrons. The van der Waals surface area contributed by atoms with E-state index in [-0.39, 0.29) is 17.9 Å². The Morgan fingerprint density at radius 3 is 2.82 bits per heavy atom. The molecule has 2 heterocycles. The first-order chi connectivity index (χ1) is 10.6. The van der Waals surface area contributed by atoms with E-state index in [2.05, 4.69) is 24.5 Å². The third-order valence-corrected chi connectivity index (χ3v) is 4.35. The fourth-order valence-electron chi connectivity index (χ4n) is 3.23. The Morgan fingerprint density at radius 1 is 1.36 bits per heavy atom. The van der Waals surface area contributed by atoms with Gasteiger partial charge in [-0.15, -0.1) is 0 Å². The first-order valence-corrected chi connectivity index (χ1v) is 7.85. The molecule has 0 N–H and O–H groups in total. The molecule has 1 atom stereocenters. The number of para-hydroxylation sites is 2. The number of carbonyl (C=O) groups is 1. The third kappa shape index (κ3) is 2.61. The normalized spacial score (nSPS) is 18.8. The summed E-state index contributed by atoms with van der Waals surface area (Å²) in [7, 11) is 1.71. The van der Waals surface area contributed by atoms with Gasteiger partial charge in [-0.3, -0.25) is 4.79 Å². The highest BCUT2D eigenvalue weighted by Crippen LogP contribution is 2.31. The van der Waals surface area contributed by atoms with Crippen molar-refractivity contribution in [2.45, 2.75) is 38.8 Å². The Morgan fingerprint density at radius 2 is 2.14 bits per heavy atom. The molecule has 1 amide bonds. The van der Waals surface area contributed by atoms with Gasteiger partial charge in [-0.05, 0) is 26.0 Å². The highest BCUT2D eigenvalue weighted by atomic mass is 16.5. The number of methoxy groups -OCH3 is 1. The van der Waals surface area contributed by atoms with Crippen molar-refractivity contribution < 1.29 is 9.53 Å². The molecule has 1 aliphatic heterocycles. The monoisotopic (exact) mass is 301 g/mol. The van der Waals surface area contributed by atoms with Gasteiger partial charge < -0.3 is 14.2 Å². The Balaban J connectivity index is 1.98. The van der Waals surface area contributed by atoms with Crippen molar-refractivity contribution in [3.8, 4) is 0 Å². The van der Waals surface area contributed by atoms with Crippen molar-refractivity contribution in [2.75, 3.05) is 20.3 Å². The molecule has 1 aromatic heterocycles. The van der Waals surface area contributed by atoms with E-state index in [1.807, 2.05) is 23.1 Å². The number of benzene rings is 1. The van der Waals surface area contributed by atoms with Crippen LogP contribution in [0.5, 0.6) is 0 Å². The lowest BCUT2D eigenvalue weighted by molar-refractivity contribution is -0.129. The molecule has 1 aliphatic rings. The molecular weight excluding hydrogens is 278 g/mol. The molecule has 22 heavy (non-hydrogen) atoms. The van der Waals surface area contributed by atoms with Crippen LogP contribution in [0.2, 0.25) is 0 Å². The third-order valence-electron chi connectivity index (χ3n) is 4.35. The number of hydrogen-bond acceptors (Lipinski definition) is 3. The minimum absolute atomic E-state index is 0.166. The number of fused-ring (bicyclic) bond motifs is 1. The maximum atomic E-state index is 12.2. The molecule has 0 aliphatic carbocycles. The summed E-state index contributed by atoms with van der Waals surface area (Å²) in [5.74, 6) is 1.40. The fraction of sp³-hybridized carbons (Fsp3) is 0.529. The molecule has 0 saturated carbocycles. The highest BCUT2D eigenvalue weighted by molar-refractivity contribution is 5.81. The molecule has 1 fully saturated rings. The van der Waals surface area contributed by atoms with Gasteiger partial charge in [0.15, 0.2) is 0 Å². The van der Waals surface area contributed by atoms with Crippen LogP contribution in [0, 0.1) is 0 Å². The van der Waals surface area contributed by atoms with Crippen LogP contribution in [0.25, 0.3) is 11.0 Å². The van der Waals surface area contributed by atoms with Gasteiger partial charge in [0.25, 0.3) is 0 Å². The number of carbonyl (C=O) groups excluding carboxylic acids is 1. The quantitative estimate of drug-likeness (QED) is 0.852. The molecule has 2 aromatic rings. The largest absolute Gasteiger partial charge is 0.383 e. The predicted molar refractivity (Wildman–Crippen MR) is 85.8 cm³/mol. The number of likely N-dealkylation sites (tertiary alicyclic amines) is 1. The molecule has 3 rings (SSSR count). The van der Waals surface area contributed by atoms with Crippen molar-refractivity contribution in [1.82, 2.24) is 14.5 Å². The number of rotatable bonds is 5. The molecule has 1 unspecified atom stereocenters. The van der Waals surface area contributed by atoms with Crippen LogP contribution in [0.4, 0.5) is 0 Å². The van der Waals surface area contributed by atoms with Crippen molar-refractivity contribution in [3.05, 3.63) is 30.1 Å². The number of hydrogen-bond donors (Lipinski definition) is 0. The van der Waals surface area contributed by atoms with Crippen molar-refractivity contribution >= 4 is 16.9 Å². The van der Waals surface area contributed by atoms with Gasteiger partial charge in [0, 0.05) is 38.6 Å². The number of imidazole rings is 1. The summed E-state index contributed by atoms with van der Waals surface area (Å²) >= 11 is 0. The Hall–Kier alpha value is -1.88. The summed E-state index contributed by atoms with van der Waals surface area (Å²) in [6, 6.07) is 8.38. The van der Waals surface area contributed by atoms with Gasteiger partial charge in [0.1, 0.15) is 5.82 Å². The summed E-state index contributed by atoms with van der Waals surface area (Å²) in [5.41, 5.74) is 2.11. The van der Waals surface area contributed by atoms with Gasteiger partial charge in [0.05, 0.1) is 17.6 Å². The average molecular weight is 301 g/mol. The second-order valence-electron chi connectivity index (χ2n) is 6.14. The van der Waals surface area contributed by atoms with Gasteiger partial charge in [-0.1, -0.05) is 12.1 Å². The van der Waals surface area contributed by atoms with E-state index in [9.17, 15) is 4.79 Å². The van der Waals surface area contributed by atoms with Gasteiger partial charge in [0.2, 0.25) is 5.91 Å². The minimum Gasteiger partial charge on any atom is -0.383 e. The van der Waals surface area contributed by atoms with E-state index in [4.69, 9.17) is 9.72 Å². The SMILES string of the molecule is COCCn1c(C2CC(=O)N(C(C)C)C2)nc2ccccc21. The zero-order valence-electron chi connectivity index (χ0n) is 13.5. The second-order valence-corrected chi connectivity index (χ2v) is 6.14. The zero-order valence-corrected chi connectivity index (χ0v) is 13.5. The van der Waals surface area contributed by atoms with E-state index in [0.29, 0.717) is 13.0 Å². The number of ether oxygens (including phenoxy) is 1. The van der Waals surface area contributed by atoms with E-state index >= 15 is 0 Å². The first kappa shape index (κ1) is 15.0. The van der Waals surface area contributed by atoms with Crippen LogP contribution < -0.4 is 0 Å². The minimum atomic E-state index is 0.166. The van der Waals surface area contributed by atoms with Crippen LogP contribution >= 0.6 is 0 Å². The zero-order chi connectivity index (χ0) is 15.7. The van der Waals surface area contributed by atoms with Crippen LogP contribution in [0.3, 0.4) is 0 Å². The van der Waals surface area contributed by atoms with E-state index in [1.165, 1.54) is 0 Å². The van der Waals surface area contributed by atoms with Crippen molar-refractivity contribution in [1.29, 1.82) is 0 Å². The molecular formula is C17H23N3O2. The Kier molecular flexibility index (Phi) is 4.16. The lowest BCUT2D eigenvalue weighted by atomic mass is 10.1. The van der Waals surface area contributed by atoms with Crippen molar-refractivity contribution in [3.63, 3.8) is 0 Å². The lowest BCUT2D eigenvalue weighted by Crippen LogP contribution is -2.32. The fourth-order valence-corrected chi connectivity index (χ4v) is 3.23. The van der Waals surface area contributed by atoms with Crippen LogP contribution in [-0.4, -0.2) is 46.7 Å². The molecule has 0 radical (unpaired) electrons. The number of nitrogens with zero attached hydrogens (tertiary/aromatic N) is 3. The summed E-state index contributed by atoms with van der Waals surface area (Å²) in [4.78, 5) is 19.0. The Bertz CT molecular complexity index is 678. The average Bonchev–Trinajstić information content (AvgIpc) is 3.05. The highest BCUT2D eigenvalue weighted by Gasteiger charge is 2.34. The summed E-state index contributed by atoms with van der Waals surface area (Å²) in [5, 5.41) is 0. The molecule has 1 aromatic carbocycles. The van der Waals surface area contributed by atoms with Crippen LogP contribution in [-0.2, 0) is 16.1 Å². The molecule has 1 saturated heterocycles. The lowest BCUT2D eigenvalue weighted by Gasteiger charge is -2.21. The maximum absolute atomic E-state index is 12.2.